The number of carbonyl (C=O) groups is 2. The van der Waals surface area contributed by atoms with Crippen molar-refractivity contribution in [3.8, 4) is 5.75 Å². The highest BCUT2D eigenvalue weighted by Crippen LogP contribution is 2.26. The number of rotatable bonds is 7. The Bertz CT molecular complexity index is 902. The van der Waals surface area contributed by atoms with Crippen molar-refractivity contribution in [1.82, 2.24) is 19.4 Å². The van der Waals surface area contributed by atoms with Gasteiger partial charge in [0, 0.05) is 32.0 Å². The average Bonchev–Trinajstić information content (AvgIpc) is 3.32. The molecule has 1 aromatic heterocycles. The van der Waals surface area contributed by atoms with Crippen molar-refractivity contribution >= 4 is 11.8 Å². The van der Waals surface area contributed by atoms with Crippen LogP contribution in [0.3, 0.4) is 0 Å². The van der Waals surface area contributed by atoms with Crippen molar-refractivity contribution in [2.24, 2.45) is 0 Å². The summed E-state index contributed by atoms with van der Waals surface area (Å²) in [5.41, 5.74) is -1.01. The first-order chi connectivity index (χ1) is 15.5. The third-order valence-corrected chi connectivity index (χ3v) is 5.63. The Kier molecular flexibility index (Phi) is 7.01. The molecule has 0 spiro atoms. The fraction of sp³-hybridized carbons (Fsp3) is 0.500. The minimum absolute atomic E-state index is 0.0591. The van der Waals surface area contributed by atoms with Crippen molar-refractivity contribution in [2.75, 3.05) is 52.6 Å². The Morgan fingerprint density at radius 1 is 1.06 bits per heavy atom. The lowest BCUT2D eigenvalue weighted by molar-refractivity contribution is -0.167. The lowest BCUT2D eigenvalue weighted by Crippen LogP contribution is -2.59. The SMILES string of the molecule is O=C(CC1(COc2ccc(F)cc2)CN(C(=O)Cn2ccnc2)CCO1)N1CCOCC1. The van der Waals surface area contributed by atoms with Gasteiger partial charge in [-0.05, 0) is 24.3 Å². The molecule has 2 aromatic rings. The lowest BCUT2D eigenvalue weighted by atomic mass is 9.96. The second-order valence-corrected chi connectivity index (χ2v) is 7.99. The zero-order valence-electron chi connectivity index (χ0n) is 17.8. The summed E-state index contributed by atoms with van der Waals surface area (Å²) in [6.07, 6.45) is 5.01. The third kappa shape index (κ3) is 5.63. The van der Waals surface area contributed by atoms with E-state index in [1.165, 1.54) is 24.3 Å². The molecule has 0 aliphatic carbocycles. The van der Waals surface area contributed by atoms with Crippen LogP contribution in [0.4, 0.5) is 4.39 Å². The lowest BCUT2D eigenvalue weighted by Gasteiger charge is -2.43. The molecule has 9 nitrogen and oxygen atoms in total. The average molecular weight is 446 g/mol. The van der Waals surface area contributed by atoms with Crippen molar-refractivity contribution in [3.63, 3.8) is 0 Å². The maximum absolute atomic E-state index is 13.2. The van der Waals surface area contributed by atoms with E-state index in [1.807, 2.05) is 0 Å². The molecule has 3 heterocycles. The second-order valence-electron chi connectivity index (χ2n) is 7.99. The Balaban J connectivity index is 1.48. The summed E-state index contributed by atoms with van der Waals surface area (Å²) in [6.45, 7) is 3.21. The Hall–Kier alpha value is -2.98. The molecule has 0 N–H and O–H groups in total. The van der Waals surface area contributed by atoms with Crippen molar-refractivity contribution in [3.05, 3.63) is 48.8 Å². The zero-order chi connectivity index (χ0) is 22.4. The number of imidazole rings is 1. The van der Waals surface area contributed by atoms with Gasteiger partial charge in [-0.25, -0.2) is 9.37 Å². The summed E-state index contributed by atoms with van der Waals surface area (Å²) >= 11 is 0. The summed E-state index contributed by atoms with van der Waals surface area (Å²) < 4.78 is 32.3. The van der Waals surface area contributed by atoms with E-state index < -0.39 is 5.60 Å². The highest BCUT2D eigenvalue weighted by molar-refractivity contribution is 5.78. The van der Waals surface area contributed by atoms with Crippen LogP contribution in [0.1, 0.15) is 6.42 Å². The first-order valence-corrected chi connectivity index (χ1v) is 10.6. The number of hydrogen-bond donors (Lipinski definition) is 0. The van der Waals surface area contributed by atoms with Gasteiger partial charge in [-0.15, -0.1) is 0 Å². The Morgan fingerprint density at radius 2 is 1.81 bits per heavy atom. The number of halogens is 1. The highest BCUT2D eigenvalue weighted by Gasteiger charge is 2.42. The smallest absolute Gasteiger partial charge is 0.242 e. The Morgan fingerprint density at radius 3 is 2.53 bits per heavy atom. The summed E-state index contributed by atoms with van der Waals surface area (Å²) in [4.78, 5) is 33.3. The number of ether oxygens (including phenoxy) is 3. The summed E-state index contributed by atoms with van der Waals surface area (Å²) in [6, 6.07) is 5.67. The number of hydrogen-bond acceptors (Lipinski definition) is 6. The van der Waals surface area contributed by atoms with Crippen molar-refractivity contribution < 1.29 is 28.2 Å². The predicted octanol–water partition coefficient (Wildman–Crippen LogP) is 0.948. The quantitative estimate of drug-likeness (QED) is 0.630. The molecule has 172 valence electrons. The number of amides is 2. The van der Waals surface area contributed by atoms with Crippen LogP contribution in [0.15, 0.2) is 43.0 Å². The van der Waals surface area contributed by atoms with E-state index in [0.717, 1.165) is 0 Å². The molecule has 1 atom stereocenters. The van der Waals surface area contributed by atoms with E-state index in [2.05, 4.69) is 4.98 Å². The van der Waals surface area contributed by atoms with Gasteiger partial charge in [-0.2, -0.15) is 0 Å². The second kappa shape index (κ2) is 10.1. The molecule has 32 heavy (non-hydrogen) atoms. The van der Waals surface area contributed by atoms with Gasteiger partial charge in [-0.1, -0.05) is 0 Å². The van der Waals surface area contributed by atoms with Crippen LogP contribution in [0, 0.1) is 5.82 Å². The van der Waals surface area contributed by atoms with E-state index in [4.69, 9.17) is 14.2 Å². The summed E-state index contributed by atoms with van der Waals surface area (Å²) in [5, 5.41) is 0. The van der Waals surface area contributed by atoms with Crippen LogP contribution < -0.4 is 4.74 Å². The number of nitrogens with zero attached hydrogens (tertiary/aromatic N) is 4. The summed E-state index contributed by atoms with van der Waals surface area (Å²) in [5.74, 6) is -0.0500. The molecule has 0 bridgehead atoms. The highest BCUT2D eigenvalue weighted by atomic mass is 19.1. The van der Waals surface area contributed by atoms with Gasteiger partial charge < -0.3 is 28.6 Å². The molecule has 2 fully saturated rings. The van der Waals surface area contributed by atoms with Crippen molar-refractivity contribution in [1.29, 1.82) is 0 Å². The number of morpholine rings is 2. The molecule has 1 unspecified atom stereocenters. The minimum atomic E-state index is -1.01. The monoisotopic (exact) mass is 446 g/mol. The van der Waals surface area contributed by atoms with E-state index in [1.54, 1.807) is 33.1 Å². The van der Waals surface area contributed by atoms with Crippen LogP contribution in [0.2, 0.25) is 0 Å². The van der Waals surface area contributed by atoms with E-state index in [0.29, 0.717) is 45.2 Å². The molecule has 2 aliphatic rings. The van der Waals surface area contributed by atoms with Gasteiger partial charge in [0.25, 0.3) is 0 Å². The van der Waals surface area contributed by atoms with Crippen molar-refractivity contribution in [2.45, 2.75) is 18.6 Å². The van der Waals surface area contributed by atoms with E-state index in [-0.39, 0.29) is 43.7 Å². The molecule has 4 rings (SSSR count). The van der Waals surface area contributed by atoms with Crippen LogP contribution in [-0.4, -0.2) is 89.4 Å². The molecular formula is C22H27FN4O5. The normalized spacial score (nSPS) is 21.4. The van der Waals surface area contributed by atoms with Gasteiger partial charge in [0.2, 0.25) is 11.8 Å². The molecule has 2 aliphatic heterocycles. The first-order valence-electron chi connectivity index (χ1n) is 10.6. The van der Waals surface area contributed by atoms with E-state index >= 15 is 0 Å². The topological polar surface area (TPSA) is 86.1 Å². The largest absolute Gasteiger partial charge is 0.490 e. The molecule has 2 saturated heterocycles. The predicted molar refractivity (Wildman–Crippen MR) is 111 cm³/mol. The standard InChI is InChI=1S/C22H27FN4O5/c23-18-1-3-19(4-2-18)31-16-22(13-20(28)26-7-10-30-11-8-26)15-27(9-12-32-22)21(29)14-25-6-5-24-17-25/h1-6,17H,7-16H2. The molecule has 2 amide bonds. The molecule has 0 saturated carbocycles. The molecular weight excluding hydrogens is 419 g/mol. The molecule has 0 radical (unpaired) electrons. The van der Waals surface area contributed by atoms with Gasteiger partial charge in [0.1, 0.15) is 30.3 Å². The molecule has 10 heteroatoms. The number of benzene rings is 1. The van der Waals surface area contributed by atoms with Gasteiger partial charge in [-0.3, -0.25) is 9.59 Å². The van der Waals surface area contributed by atoms with E-state index in [9.17, 15) is 14.0 Å². The maximum atomic E-state index is 13.2. The summed E-state index contributed by atoms with van der Waals surface area (Å²) in [7, 11) is 0. The van der Waals surface area contributed by atoms with Crippen LogP contribution in [0.25, 0.3) is 0 Å². The Labute approximate surface area is 185 Å². The van der Waals surface area contributed by atoms with Gasteiger partial charge >= 0.3 is 0 Å². The first kappa shape index (κ1) is 22.2. The third-order valence-electron chi connectivity index (χ3n) is 5.63. The van der Waals surface area contributed by atoms with Crippen LogP contribution >= 0.6 is 0 Å². The fourth-order valence-electron chi connectivity index (χ4n) is 3.89. The number of carbonyl (C=O) groups excluding carboxylic acids is 2. The number of aromatic nitrogens is 2. The van der Waals surface area contributed by atoms with Gasteiger partial charge in [0.05, 0.1) is 39.1 Å². The van der Waals surface area contributed by atoms with Gasteiger partial charge in [0.15, 0.2) is 0 Å². The maximum Gasteiger partial charge on any atom is 0.242 e. The zero-order valence-corrected chi connectivity index (χ0v) is 17.8. The minimum Gasteiger partial charge on any atom is -0.490 e. The van der Waals surface area contributed by atoms with Crippen LogP contribution in [-0.2, 0) is 25.6 Å². The molecule has 1 aromatic carbocycles. The van der Waals surface area contributed by atoms with Crippen LogP contribution in [0.5, 0.6) is 5.75 Å². The fourth-order valence-corrected chi connectivity index (χ4v) is 3.89.